The van der Waals surface area contributed by atoms with Crippen LogP contribution in [0.3, 0.4) is 0 Å². The monoisotopic (exact) mass is 246 g/mol. The van der Waals surface area contributed by atoms with Gasteiger partial charge in [-0.3, -0.25) is 0 Å². The van der Waals surface area contributed by atoms with Crippen LogP contribution in [0.25, 0.3) is 0 Å². The maximum Gasteiger partial charge on any atom is 0.124 e. The van der Waals surface area contributed by atoms with E-state index in [-0.39, 0.29) is 12.1 Å². The molecule has 2 N–H and O–H groups in total. The molecule has 0 bridgehead atoms. The summed E-state index contributed by atoms with van der Waals surface area (Å²) in [4.78, 5) is 0. The Morgan fingerprint density at radius 3 is 2.94 bits per heavy atom. The summed E-state index contributed by atoms with van der Waals surface area (Å²) in [7, 11) is 0. The number of para-hydroxylation sites is 1. The molecule has 0 aliphatic carbocycles. The van der Waals surface area contributed by atoms with Crippen molar-refractivity contribution in [2.45, 2.75) is 26.0 Å². The normalized spacial score (nSPS) is 22.8. The predicted octanol–water partition coefficient (Wildman–Crippen LogP) is 2.01. The van der Waals surface area contributed by atoms with E-state index >= 15 is 0 Å². The highest BCUT2D eigenvalue weighted by atomic mass is 16.5. The molecule has 96 valence electrons. The molecule has 18 heavy (non-hydrogen) atoms. The van der Waals surface area contributed by atoms with Crippen molar-refractivity contribution in [1.82, 2.24) is 0 Å². The van der Waals surface area contributed by atoms with Gasteiger partial charge in [0.15, 0.2) is 0 Å². The Balaban J connectivity index is 2.04. The van der Waals surface area contributed by atoms with E-state index in [4.69, 9.17) is 20.5 Å². The molecule has 0 amide bonds. The van der Waals surface area contributed by atoms with Gasteiger partial charge in [-0.15, -0.1) is 0 Å². The fourth-order valence-electron chi connectivity index (χ4n) is 1.86. The Bertz CT molecular complexity index is 465. The highest BCUT2D eigenvalue weighted by Crippen LogP contribution is 2.32. The van der Waals surface area contributed by atoms with Gasteiger partial charge in [-0.25, -0.2) is 0 Å². The van der Waals surface area contributed by atoms with Gasteiger partial charge in [-0.2, -0.15) is 5.26 Å². The number of fused-ring (bicyclic) bond motifs is 1. The smallest absolute Gasteiger partial charge is 0.124 e. The first kappa shape index (κ1) is 12.9. The van der Waals surface area contributed by atoms with Crippen molar-refractivity contribution in [3.8, 4) is 11.8 Å². The number of hydrogen-bond donors (Lipinski definition) is 1. The maximum absolute atomic E-state index is 8.95. The van der Waals surface area contributed by atoms with Crippen LogP contribution in [0.15, 0.2) is 24.3 Å². The lowest BCUT2D eigenvalue weighted by Gasteiger charge is -2.32. The van der Waals surface area contributed by atoms with Gasteiger partial charge in [0.25, 0.3) is 0 Å². The molecule has 1 heterocycles. The molecule has 0 radical (unpaired) electrons. The Morgan fingerprint density at radius 1 is 1.50 bits per heavy atom. The van der Waals surface area contributed by atoms with Crippen LogP contribution in [0.4, 0.5) is 0 Å². The predicted molar refractivity (Wildman–Crippen MR) is 68.0 cm³/mol. The summed E-state index contributed by atoms with van der Waals surface area (Å²) in [5, 5.41) is 8.95. The molecule has 4 heteroatoms. The number of nitrogens with zero attached hydrogens (tertiary/aromatic N) is 1. The summed E-state index contributed by atoms with van der Waals surface area (Å²) in [5.41, 5.74) is 6.63. The van der Waals surface area contributed by atoms with Crippen molar-refractivity contribution >= 4 is 0 Å². The zero-order chi connectivity index (χ0) is 13.2. The first-order chi connectivity index (χ1) is 8.53. The summed E-state index contributed by atoms with van der Waals surface area (Å²) >= 11 is 0. The minimum Gasteiger partial charge on any atom is -0.490 e. The lowest BCUT2D eigenvalue weighted by molar-refractivity contribution is -0.0290. The first-order valence-electron chi connectivity index (χ1n) is 6.04. The molecular weight excluding hydrogens is 228 g/mol. The van der Waals surface area contributed by atoms with Crippen LogP contribution in [-0.2, 0) is 4.74 Å². The van der Waals surface area contributed by atoms with E-state index in [0.717, 1.165) is 11.3 Å². The van der Waals surface area contributed by atoms with Crippen molar-refractivity contribution in [1.29, 1.82) is 5.26 Å². The van der Waals surface area contributed by atoms with E-state index in [1.807, 2.05) is 38.1 Å². The van der Waals surface area contributed by atoms with Crippen LogP contribution in [-0.4, -0.2) is 19.3 Å². The Hall–Kier alpha value is -1.57. The van der Waals surface area contributed by atoms with Gasteiger partial charge in [0, 0.05) is 5.56 Å². The van der Waals surface area contributed by atoms with Crippen LogP contribution in [0, 0.1) is 16.7 Å². The van der Waals surface area contributed by atoms with Crippen molar-refractivity contribution < 1.29 is 9.47 Å². The van der Waals surface area contributed by atoms with Crippen molar-refractivity contribution in [3.63, 3.8) is 0 Å². The molecule has 2 atom stereocenters. The lowest BCUT2D eigenvalue weighted by Crippen LogP contribution is -2.39. The summed E-state index contributed by atoms with van der Waals surface area (Å²) < 4.78 is 11.4. The maximum atomic E-state index is 8.95. The largest absolute Gasteiger partial charge is 0.490 e. The van der Waals surface area contributed by atoms with Crippen molar-refractivity contribution in [3.05, 3.63) is 29.8 Å². The van der Waals surface area contributed by atoms with Crippen LogP contribution in [0.5, 0.6) is 5.75 Å². The van der Waals surface area contributed by atoms with Gasteiger partial charge in [-0.05, 0) is 19.9 Å². The second kappa shape index (κ2) is 4.97. The third kappa shape index (κ3) is 2.63. The Labute approximate surface area is 107 Å². The number of rotatable bonds is 3. The molecule has 1 aromatic carbocycles. The van der Waals surface area contributed by atoms with Crippen molar-refractivity contribution in [2.24, 2.45) is 11.1 Å². The van der Waals surface area contributed by atoms with Crippen LogP contribution < -0.4 is 10.5 Å². The molecule has 0 saturated carbocycles. The molecule has 1 aliphatic rings. The highest BCUT2D eigenvalue weighted by molar-refractivity contribution is 5.38. The fraction of sp³-hybridized carbons (Fsp3) is 0.500. The molecule has 0 spiro atoms. The summed E-state index contributed by atoms with van der Waals surface area (Å²) in [6, 6.07) is 9.72. The second-order valence-electron chi connectivity index (χ2n) is 5.22. The van der Waals surface area contributed by atoms with Crippen LogP contribution >= 0.6 is 0 Å². The van der Waals surface area contributed by atoms with Crippen LogP contribution in [0.2, 0.25) is 0 Å². The number of nitriles is 1. The van der Waals surface area contributed by atoms with E-state index in [1.54, 1.807) is 0 Å². The molecular formula is C14H18N2O2. The van der Waals surface area contributed by atoms with Gasteiger partial charge in [-0.1, -0.05) is 18.2 Å². The highest BCUT2D eigenvalue weighted by Gasteiger charge is 2.30. The zero-order valence-corrected chi connectivity index (χ0v) is 10.7. The molecule has 2 rings (SSSR count). The van der Waals surface area contributed by atoms with Crippen LogP contribution in [0.1, 0.15) is 25.5 Å². The van der Waals surface area contributed by atoms with Gasteiger partial charge in [0.1, 0.15) is 18.5 Å². The van der Waals surface area contributed by atoms with E-state index in [1.165, 1.54) is 0 Å². The molecule has 4 nitrogen and oxygen atoms in total. The topological polar surface area (TPSA) is 68.3 Å². The summed E-state index contributed by atoms with van der Waals surface area (Å²) in [5.74, 6) is 0.824. The minimum absolute atomic E-state index is 0.201. The van der Waals surface area contributed by atoms with E-state index in [9.17, 15) is 0 Å². The number of hydrogen-bond acceptors (Lipinski definition) is 4. The quantitative estimate of drug-likeness (QED) is 0.885. The second-order valence-corrected chi connectivity index (χ2v) is 5.22. The third-order valence-corrected chi connectivity index (χ3v) is 3.04. The lowest BCUT2D eigenvalue weighted by atomic mass is 9.96. The molecule has 0 fully saturated rings. The molecule has 0 unspecified atom stereocenters. The fourth-order valence-corrected chi connectivity index (χ4v) is 1.86. The minimum atomic E-state index is -0.503. The summed E-state index contributed by atoms with van der Waals surface area (Å²) in [6.45, 7) is 4.47. The molecule has 0 saturated heterocycles. The Morgan fingerprint density at radius 2 is 2.22 bits per heavy atom. The van der Waals surface area contributed by atoms with Gasteiger partial charge in [0.2, 0.25) is 0 Å². The average Bonchev–Trinajstić information content (AvgIpc) is 2.38. The molecule has 0 aromatic heterocycles. The zero-order valence-electron chi connectivity index (χ0n) is 10.7. The number of ether oxygens (including phenoxy) is 2. The first-order valence-corrected chi connectivity index (χ1v) is 6.04. The van der Waals surface area contributed by atoms with Gasteiger partial charge < -0.3 is 15.2 Å². The van der Waals surface area contributed by atoms with Gasteiger partial charge in [0.05, 0.1) is 24.1 Å². The van der Waals surface area contributed by atoms with E-state index in [2.05, 4.69) is 6.07 Å². The number of benzene rings is 1. The Kier molecular flexibility index (Phi) is 3.55. The molecule has 1 aliphatic heterocycles. The third-order valence-electron chi connectivity index (χ3n) is 3.04. The van der Waals surface area contributed by atoms with Crippen molar-refractivity contribution in [2.75, 3.05) is 13.2 Å². The molecule has 1 aromatic rings. The van der Waals surface area contributed by atoms with Gasteiger partial charge >= 0.3 is 0 Å². The standard InChI is InChI=1S/C14H18N2O2/c1-14(2,8-15)9-18-12-7-17-11-6-4-3-5-10(11)13(12)16/h3-6,12-13H,7,9,16H2,1-2H3/t12-,13-/m0/s1. The average molecular weight is 246 g/mol. The SMILES string of the molecule is CC(C)(C#N)CO[C@H]1COc2ccccc2[C@@H]1N. The van der Waals surface area contributed by atoms with E-state index in [0.29, 0.717) is 13.2 Å². The van der Waals surface area contributed by atoms with E-state index < -0.39 is 5.41 Å². The summed E-state index contributed by atoms with van der Waals surface area (Å²) in [6.07, 6.45) is -0.201. The number of nitrogens with two attached hydrogens (primary N) is 1.